The summed E-state index contributed by atoms with van der Waals surface area (Å²) < 4.78 is 20.7. The zero-order valence-corrected chi connectivity index (χ0v) is 76.8. The van der Waals surface area contributed by atoms with Crippen molar-refractivity contribution < 1.29 is 23.8 Å². The fourth-order valence-electron chi connectivity index (χ4n) is 20.0. The first-order valence-electron chi connectivity index (χ1n) is 52.7. The third-order valence-electron chi connectivity index (χ3n) is 27.6. The summed E-state index contributed by atoms with van der Waals surface area (Å²) >= 11 is 0. The Morgan fingerprint density at radius 3 is 0.704 bits per heavy atom. The average Bonchev–Trinajstić information content (AvgIpc) is 1.72. The predicted molar refractivity (Wildman–Crippen MR) is 500 cm³/mol. The second-order valence-corrected chi connectivity index (χ2v) is 38.0. The van der Waals surface area contributed by atoms with Crippen molar-refractivity contribution in [1.29, 1.82) is 0 Å². The van der Waals surface area contributed by atoms with Gasteiger partial charge in [-0.2, -0.15) is 0 Å². The summed E-state index contributed by atoms with van der Waals surface area (Å²) in [4.78, 5) is 35.5. The number of fused-ring (bicyclic) bond motifs is 1. The molecular weight excluding hydrogens is 1410 g/mol. The van der Waals surface area contributed by atoms with Crippen LogP contribution in [0.4, 0.5) is 4.79 Å². The highest BCUT2D eigenvalue weighted by atomic mass is 16.7. The molecule has 0 N–H and O–H groups in total. The molecule has 0 bridgehead atoms. The highest BCUT2D eigenvalue weighted by molar-refractivity contribution is 5.84. The third kappa shape index (κ3) is 55.7. The van der Waals surface area contributed by atoms with Gasteiger partial charge >= 0.3 is 6.09 Å². The first-order chi connectivity index (χ1) is 57.1. The maximum absolute atomic E-state index is 17.0. The van der Waals surface area contributed by atoms with Crippen LogP contribution in [0.5, 0.6) is 0 Å². The second kappa shape index (κ2) is 77.2. The molecule has 7 nitrogen and oxygen atoms in total. The lowest BCUT2D eigenvalue weighted by atomic mass is 9.68. The van der Waals surface area contributed by atoms with Gasteiger partial charge in [0.1, 0.15) is 12.0 Å². The van der Waals surface area contributed by atoms with Crippen molar-refractivity contribution in [2.75, 3.05) is 32.8 Å². The highest BCUT2D eigenvalue weighted by Crippen LogP contribution is 2.51. The number of hydrogen-bond acceptors (Lipinski definition) is 5. The normalized spacial score (nSPS) is 24.1. The molecule has 2 spiro atoms. The van der Waals surface area contributed by atoms with E-state index in [4.69, 9.17) is 14.2 Å². The number of ether oxygens (including phenoxy) is 3. The van der Waals surface area contributed by atoms with Gasteiger partial charge in [0.15, 0.2) is 5.79 Å². The van der Waals surface area contributed by atoms with E-state index in [0.717, 1.165) is 89.0 Å². The van der Waals surface area contributed by atoms with Gasteiger partial charge in [-0.1, -0.05) is 561 Å². The van der Waals surface area contributed by atoms with Gasteiger partial charge in [-0.05, 0) is 49.7 Å². The lowest BCUT2D eigenvalue weighted by molar-refractivity contribution is -0.248. The zero-order valence-electron chi connectivity index (χ0n) is 76.8. The summed E-state index contributed by atoms with van der Waals surface area (Å²) in [5, 5.41) is 0. The number of carbonyl (C=O) groups excluding carboxylic acids is 2. The Labute approximate surface area is 716 Å². The molecule has 1 saturated carbocycles. The van der Waals surface area contributed by atoms with Crippen LogP contribution in [0.2, 0.25) is 0 Å². The summed E-state index contributed by atoms with van der Waals surface area (Å²) in [7, 11) is 0. The molecule has 2 aliphatic heterocycles. The summed E-state index contributed by atoms with van der Waals surface area (Å²) in [6.07, 6.45) is 114. The molecule has 2 amide bonds. The minimum atomic E-state index is -0.940. The molecule has 5 rings (SSSR count). The fraction of sp³-hybridized carbons (Fsp3) is 0.870. The van der Waals surface area contributed by atoms with Crippen molar-refractivity contribution in [2.45, 2.75) is 565 Å². The molecule has 7 heteroatoms. The Hall–Kier alpha value is -2.90. The number of amides is 2. The van der Waals surface area contributed by atoms with E-state index < -0.39 is 11.2 Å². The van der Waals surface area contributed by atoms with Gasteiger partial charge in [-0.25, -0.2) is 4.79 Å². The third-order valence-corrected chi connectivity index (χ3v) is 27.6. The maximum Gasteiger partial charge on any atom is 0.410 e. The maximum atomic E-state index is 17.0. The SMILES string of the molecule is O=C(OCc1ccccc1)N1CCCCCCCCCCCCCCCCCCCCCCCCCCCCCCCCCCCCCCCC2(CCCCCCCCCCCCCCCCCCCCCCCCCCCCCCCCCCCCCCCCCCCCCC23OCCO3)C(=O)N(Cc2ccccc2)CCCC1. The fourth-order valence-corrected chi connectivity index (χ4v) is 20.0. The number of nitrogens with zero attached hydrogens (tertiary/aromatic N) is 2. The number of hydrogen-bond donors (Lipinski definition) is 0. The van der Waals surface area contributed by atoms with Crippen LogP contribution >= 0.6 is 0 Å². The van der Waals surface area contributed by atoms with Crippen LogP contribution < -0.4 is 0 Å². The van der Waals surface area contributed by atoms with E-state index in [1.807, 2.05) is 35.2 Å². The number of rotatable bonds is 4. The van der Waals surface area contributed by atoms with Gasteiger partial charge < -0.3 is 24.0 Å². The minimum absolute atomic E-state index is 0.211. The molecule has 1 aliphatic carbocycles. The molecule has 1 atom stereocenters. The van der Waals surface area contributed by atoms with Crippen LogP contribution in [0.15, 0.2) is 60.7 Å². The van der Waals surface area contributed by atoms with Crippen molar-refractivity contribution in [3.05, 3.63) is 71.8 Å². The largest absolute Gasteiger partial charge is 0.445 e. The Morgan fingerprint density at radius 1 is 0.252 bits per heavy atom. The van der Waals surface area contributed by atoms with Crippen LogP contribution in [0.1, 0.15) is 557 Å². The molecule has 3 aliphatic rings. The summed E-state index contributed by atoms with van der Waals surface area (Å²) in [6.45, 7) is 3.94. The number of carbonyl (C=O) groups is 2. The lowest BCUT2D eigenvalue weighted by Crippen LogP contribution is -2.59. The van der Waals surface area contributed by atoms with Crippen LogP contribution in [0.25, 0.3) is 0 Å². The minimum Gasteiger partial charge on any atom is -0.445 e. The molecule has 2 aromatic carbocycles. The Bertz CT molecular complexity index is 2320. The van der Waals surface area contributed by atoms with E-state index >= 15 is 4.79 Å². The molecule has 2 saturated heterocycles. The van der Waals surface area contributed by atoms with E-state index in [2.05, 4.69) is 35.2 Å². The molecular formula is C108H194N2O5. The monoisotopic (exact) mass is 1600 g/mol. The van der Waals surface area contributed by atoms with Crippen molar-refractivity contribution in [3.63, 3.8) is 0 Å². The van der Waals surface area contributed by atoms with Gasteiger partial charge in [0.05, 0.1) is 13.2 Å². The first kappa shape index (κ1) is 103. The van der Waals surface area contributed by atoms with E-state index in [-0.39, 0.29) is 18.6 Å². The second-order valence-electron chi connectivity index (χ2n) is 38.0. The molecule has 666 valence electrons. The average molecular weight is 1600 g/mol. The van der Waals surface area contributed by atoms with Crippen LogP contribution in [-0.4, -0.2) is 60.4 Å². The summed E-state index contributed by atoms with van der Waals surface area (Å²) in [5.74, 6) is -0.678. The van der Waals surface area contributed by atoms with Gasteiger partial charge in [0, 0.05) is 32.6 Å². The predicted octanol–water partition coefficient (Wildman–Crippen LogP) is 35.6. The van der Waals surface area contributed by atoms with Gasteiger partial charge in [0.25, 0.3) is 0 Å². The highest BCUT2D eigenvalue weighted by Gasteiger charge is 2.60. The van der Waals surface area contributed by atoms with Crippen LogP contribution in [0.3, 0.4) is 0 Å². The zero-order chi connectivity index (χ0) is 80.7. The molecule has 115 heavy (non-hydrogen) atoms. The first-order valence-corrected chi connectivity index (χ1v) is 52.7. The topological polar surface area (TPSA) is 68.3 Å². The Kier molecular flexibility index (Phi) is 68.9. The van der Waals surface area contributed by atoms with Gasteiger partial charge in [-0.15, -0.1) is 0 Å². The molecule has 3 fully saturated rings. The molecule has 0 aromatic heterocycles. The Morgan fingerprint density at radius 2 is 0.452 bits per heavy atom. The summed E-state index contributed by atoms with van der Waals surface area (Å²) in [6, 6.07) is 21.0. The van der Waals surface area contributed by atoms with Crippen molar-refractivity contribution >= 4 is 12.0 Å². The van der Waals surface area contributed by atoms with E-state index in [9.17, 15) is 4.79 Å². The molecule has 0 radical (unpaired) electrons. The van der Waals surface area contributed by atoms with Crippen molar-refractivity contribution in [2.24, 2.45) is 5.41 Å². The molecule has 2 aromatic rings. The Balaban J connectivity index is 1.28. The van der Waals surface area contributed by atoms with Crippen LogP contribution in [0, 0.1) is 5.41 Å². The van der Waals surface area contributed by atoms with Gasteiger partial charge in [-0.3, -0.25) is 4.79 Å². The van der Waals surface area contributed by atoms with Gasteiger partial charge in [0.2, 0.25) is 5.91 Å². The van der Waals surface area contributed by atoms with Crippen molar-refractivity contribution in [1.82, 2.24) is 9.80 Å². The molecule has 1 unspecified atom stereocenters. The number of benzene rings is 2. The smallest absolute Gasteiger partial charge is 0.410 e. The van der Waals surface area contributed by atoms with Crippen molar-refractivity contribution in [3.8, 4) is 0 Å². The molecule has 2 heterocycles. The standard InChI is InChI=1S/C108H194N2O5/c111-105-107(93-83-73-69-65-61-57-53-49-45-41-37-33-29-25-21-17-13-9-6-4-2-1-3-5-7-11-15-19-23-27-31-35-39-43-47-51-55-59-63-67-71-75-85-95-108(107)114-99-100-115-108)94-84-74-70-66-62-58-54-50-46-42-38-34-30-26-22-18-14-10-8-12-16-20-24-28-32-36-40-44-48-52-56-60-64-68-72-76-86-96-109(106(112)113-102-104-91-81-78-82-92-104)97-87-88-98-110(105)101-103-89-79-77-80-90-103/h77-82,89-92H,1-76,83-88,93-102H2. The van der Waals surface area contributed by atoms with E-state index in [0.29, 0.717) is 39.4 Å². The van der Waals surface area contributed by atoms with Crippen LogP contribution in [-0.2, 0) is 32.2 Å². The summed E-state index contributed by atoms with van der Waals surface area (Å²) in [5.41, 5.74) is 1.40. The quantitative estimate of drug-likeness (QED) is 0.305. The van der Waals surface area contributed by atoms with E-state index in [1.165, 1.54) is 468 Å². The lowest BCUT2D eigenvalue weighted by Gasteiger charge is -2.48. The van der Waals surface area contributed by atoms with E-state index in [1.54, 1.807) is 0 Å².